The van der Waals surface area contributed by atoms with Gasteiger partial charge in [0, 0.05) is 11.8 Å². The lowest BCUT2D eigenvalue weighted by atomic mass is 10.1. The Hall–Kier alpha value is -2.27. The van der Waals surface area contributed by atoms with Crippen molar-refractivity contribution in [3.05, 3.63) is 28.4 Å². The van der Waals surface area contributed by atoms with E-state index >= 15 is 0 Å². The van der Waals surface area contributed by atoms with Gasteiger partial charge in [0.05, 0.1) is 24.9 Å². The highest BCUT2D eigenvalue weighted by Crippen LogP contribution is 2.24. The molecule has 10 heteroatoms. The minimum absolute atomic E-state index is 0.0783. The Morgan fingerprint density at radius 2 is 2.13 bits per heavy atom. The van der Waals surface area contributed by atoms with E-state index in [2.05, 4.69) is 9.97 Å². The summed E-state index contributed by atoms with van der Waals surface area (Å²) in [6.45, 7) is -0.341. The zero-order valence-electron chi connectivity index (χ0n) is 12.0. The number of aromatic nitrogens is 3. The Morgan fingerprint density at radius 1 is 1.43 bits per heavy atom. The van der Waals surface area contributed by atoms with Crippen LogP contribution in [0.2, 0.25) is 0 Å². The molecule has 0 aromatic carbocycles. The molecule has 3 heterocycles. The predicted molar refractivity (Wildman–Crippen MR) is 79.1 cm³/mol. The number of nitrogen functional groups attached to an aromatic ring is 1. The van der Waals surface area contributed by atoms with Crippen LogP contribution in [0.5, 0.6) is 0 Å². The second kappa shape index (κ2) is 5.74. The van der Waals surface area contributed by atoms with Gasteiger partial charge in [0.2, 0.25) is 0 Å². The highest BCUT2D eigenvalue weighted by molar-refractivity contribution is 6.06. The molecule has 2 aromatic heterocycles. The lowest BCUT2D eigenvalue weighted by molar-refractivity contribution is -0.0262. The molecule has 4 atom stereocenters. The third-order valence-corrected chi connectivity index (χ3v) is 3.97. The van der Waals surface area contributed by atoms with Crippen LogP contribution in [0.1, 0.15) is 5.56 Å². The molecule has 7 N–H and O–H groups in total. The maximum Gasteiger partial charge on any atom is 0.260 e. The summed E-state index contributed by atoms with van der Waals surface area (Å²) in [6.07, 6.45) is -1.35. The number of hydrogen-bond acceptors (Lipinski definition) is 7. The fourth-order valence-corrected chi connectivity index (χ4v) is 2.80. The lowest BCUT2D eigenvalue weighted by Gasteiger charge is -2.15. The highest BCUT2D eigenvalue weighted by atomic mass is 16.6. The average Bonchev–Trinajstić information content (AvgIpc) is 3.02. The summed E-state index contributed by atoms with van der Waals surface area (Å²) >= 11 is 0. The molecule has 0 amide bonds. The third kappa shape index (κ3) is 2.51. The van der Waals surface area contributed by atoms with Crippen LogP contribution in [-0.4, -0.2) is 66.7 Å². The molecule has 1 fully saturated rings. The van der Waals surface area contributed by atoms with Gasteiger partial charge < -0.3 is 35.3 Å². The summed E-state index contributed by atoms with van der Waals surface area (Å²) in [5.74, 6) is -0.284. The van der Waals surface area contributed by atoms with E-state index in [1.165, 1.54) is 17.1 Å². The minimum atomic E-state index is -1.20. The summed E-state index contributed by atoms with van der Waals surface area (Å²) in [6, 6.07) is 0. The second-order valence-electron chi connectivity index (χ2n) is 5.42. The maximum absolute atomic E-state index is 12.0. The molecule has 124 valence electrons. The van der Waals surface area contributed by atoms with Crippen molar-refractivity contribution in [1.29, 1.82) is 5.41 Å². The van der Waals surface area contributed by atoms with Gasteiger partial charge in [-0.3, -0.25) is 10.2 Å². The number of aliphatic hydroxyl groups is 3. The fraction of sp³-hybridized carbons (Fsp3) is 0.462. The lowest BCUT2D eigenvalue weighted by Crippen LogP contribution is -2.35. The van der Waals surface area contributed by atoms with Crippen LogP contribution in [0.25, 0.3) is 11.0 Å². The zero-order valence-corrected chi connectivity index (χ0v) is 12.0. The van der Waals surface area contributed by atoms with Crippen LogP contribution in [0, 0.1) is 5.41 Å². The van der Waals surface area contributed by atoms with Crippen LogP contribution < -0.4 is 11.3 Å². The van der Waals surface area contributed by atoms with Crippen molar-refractivity contribution in [2.75, 3.05) is 6.61 Å². The van der Waals surface area contributed by atoms with Crippen LogP contribution in [0.15, 0.2) is 17.3 Å². The van der Waals surface area contributed by atoms with E-state index in [-0.39, 0.29) is 29.0 Å². The van der Waals surface area contributed by atoms with E-state index in [0.717, 1.165) is 0 Å². The van der Waals surface area contributed by atoms with Gasteiger partial charge in [-0.15, -0.1) is 0 Å². The van der Waals surface area contributed by atoms with E-state index in [1.54, 1.807) is 0 Å². The number of H-pyrrole nitrogens is 1. The number of nitrogens with two attached hydrogens (primary N) is 1. The summed E-state index contributed by atoms with van der Waals surface area (Å²) in [4.78, 5) is 18.5. The Labute approximate surface area is 129 Å². The van der Waals surface area contributed by atoms with Gasteiger partial charge in [-0.25, -0.2) is 4.98 Å². The number of fused-ring (bicyclic) bond motifs is 1. The number of aliphatic hydroxyl groups excluding tert-OH is 3. The van der Waals surface area contributed by atoms with Crippen molar-refractivity contribution < 1.29 is 20.1 Å². The van der Waals surface area contributed by atoms with Crippen molar-refractivity contribution in [3.8, 4) is 0 Å². The van der Waals surface area contributed by atoms with Crippen molar-refractivity contribution in [2.24, 2.45) is 5.73 Å². The summed E-state index contributed by atoms with van der Waals surface area (Å²) in [7, 11) is 0. The minimum Gasteiger partial charge on any atom is -0.394 e. The quantitative estimate of drug-likeness (QED) is 0.266. The normalized spacial score (nSPS) is 27.6. The molecule has 0 spiro atoms. The van der Waals surface area contributed by atoms with Crippen molar-refractivity contribution in [1.82, 2.24) is 14.5 Å². The number of amidine groups is 1. The highest BCUT2D eigenvalue weighted by Gasteiger charge is 2.42. The molecule has 0 bridgehead atoms. The molecule has 0 radical (unpaired) electrons. The first-order valence-electron chi connectivity index (χ1n) is 6.97. The molecule has 2 aromatic rings. The Balaban J connectivity index is 2.00. The van der Waals surface area contributed by atoms with Crippen LogP contribution in [0.4, 0.5) is 0 Å². The zero-order chi connectivity index (χ0) is 16.7. The van der Waals surface area contributed by atoms with Crippen LogP contribution in [0.3, 0.4) is 0 Å². The number of nitrogens with one attached hydrogen (secondary N) is 2. The summed E-state index contributed by atoms with van der Waals surface area (Å²) in [5, 5.41) is 36.7. The molecule has 10 nitrogen and oxygen atoms in total. The number of aromatic amines is 1. The van der Waals surface area contributed by atoms with Gasteiger partial charge in [-0.05, 0) is 0 Å². The Morgan fingerprint density at radius 3 is 2.74 bits per heavy atom. The van der Waals surface area contributed by atoms with E-state index in [0.29, 0.717) is 0 Å². The first-order valence-corrected chi connectivity index (χ1v) is 6.97. The molecule has 1 saturated heterocycles. The van der Waals surface area contributed by atoms with Gasteiger partial charge >= 0.3 is 0 Å². The molecular weight excluding hydrogens is 306 g/mol. The fourth-order valence-electron chi connectivity index (χ4n) is 2.80. The number of hydrogen-bond donors (Lipinski definition) is 6. The van der Waals surface area contributed by atoms with E-state index in [9.17, 15) is 15.0 Å². The molecule has 1 aliphatic rings. The Bertz CT molecular complexity index is 800. The van der Waals surface area contributed by atoms with Gasteiger partial charge in [0.25, 0.3) is 5.56 Å². The maximum atomic E-state index is 12.0. The topological polar surface area (TPSA) is 170 Å². The molecule has 4 unspecified atom stereocenters. The molecule has 23 heavy (non-hydrogen) atoms. The number of nitrogens with zero attached hydrogens (tertiary/aromatic N) is 2. The molecule has 0 saturated carbocycles. The average molecular weight is 323 g/mol. The summed E-state index contributed by atoms with van der Waals surface area (Å²) < 4.78 is 6.95. The van der Waals surface area contributed by atoms with E-state index in [4.69, 9.17) is 21.0 Å². The second-order valence-corrected chi connectivity index (χ2v) is 5.42. The van der Waals surface area contributed by atoms with Crippen LogP contribution >= 0.6 is 0 Å². The molecular formula is C13H17N5O5. The van der Waals surface area contributed by atoms with Crippen molar-refractivity contribution in [3.63, 3.8) is 0 Å². The monoisotopic (exact) mass is 323 g/mol. The smallest absolute Gasteiger partial charge is 0.260 e. The predicted octanol–water partition coefficient (Wildman–Crippen LogP) is -2.51. The first kappa shape index (κ1) is 15.6. The summed E-state index contributed by atoms with van der Waals surface area (Å²) in [5.41, 5.74) is 5.58. The van der Waals surface area contributed by atoms with E-state index < -0.39 is 36.6 Å². The van der Waals surface area contributed by atoms with Gasteiger partial charge in [0.1, 0.15) is 35.9 Å². The van der Waals surface area contributed by atoms with Gasteiger partial charge in [-0.1, -0.05) is 0 Å². The van der Waals surface area contributed by atoms with Gasteiger partial charge in [0.15, 0.2) is 0 Å². The first-order chi connectivity index (χ1) is 10.9. The van der Waals surface area contributed by atoms with Crippen molar-refractivity contribution >= 4 is 16.9 Å². The molecule has 1 aliphatic heterocycles. The number of ether oxygens (including phenoxy) is 1. The van der Waals surface area contributed by atoms with Gasteiger partial charge in [-0.2, -0.15) is 0 Å². The van der Waals surface area contributed by atoms with E-state index in [1.807, 2.05) is 0 Å². The largest absolute Gasteiger partial charge is 0.394 e. The SMILES string of the molecule is N=C(N)c1cn(CC2OC(CO)C(O)C2O)c2nc[nH]c(=O)c12. The standard InChI is InChI=1S/C13H17N5O5/c14-11(15)5-1-18(12-8(5)13(22)17-4-16-12)2-6-9(20)10(21)7(3-19)23-6/h1,4,6-7,9-10,19-21H,2-3H2,(H3,14,15)(H,16,17,22). The molecule has 0 aliphatic carbocycles. The Kier molecular flexibility index (Phi) is 3.90. The van der Waals surface area contributed by atoms with Crippen molar-refractivity contribution in [2.45, 2.75) is 31.0 Å². The molecule has 3 rings (SSSR count). The van der Waals surface area contributed by atoms with Crippen LogP contribution in [-0.2, 0) is 11.3 Å². The number of rotatable bonds is 4. The third-order valence-electron chi connectivity index (χ3n) is 3.97.